The number of hydrogen-bond donors (Lipinski definition) is 1. The number of aryl methyl sites for hydroxylation is 1. The van der Waals surface area contributed by atoms with Crippen molar-refractivity contribution in [1.82, 2.24) is 14.3 Å². The van der Waals surface area contributed by atoms with Crippen LogP contribution in [0.3, 0.4) is 0 Å². The number of benzene rings is 1. The number of fused-ring (bicyclic) bond motifs is 1. The number of amides is 2. The fourth-order valence-corrected chi connectivity index (χ4v) is 3.54. The van der Waals surface area contributed by atoms with E-state index in [4.69, 9.17) is 0 Å². The van der Waals surface area contributed by atoms with Gasteiger partial charge in [0.15, 0.2) is 5.69 Å². The Bertz CT molecular complexity index is 1010. The average molecular weight is 376 g/mol. The number of carbonyl (C=O) groups excluding carboxylic acids is 2. The predicted molar refractivity (Wildman–Crippen MR) is 109 cm³/mol. The Morgan fingerprint density at radius 1 is 1.07 bits per heavy atom. The molecule has 3 heterocycles. The van der Waals surface area contributed by atoms with E-state index in [1.54, 1.807) is 10.6 Å². The number of likely N-dealkylation sites (tertiary alicyclic amines) is 1. The van der Waals surface area contributed by atoms with Gasteiger partial charge in [0.1, 0.15) is 0 Å². The van der Waals surface area contributed by atoms with E-state index < -0.39 is 0 Å². The van der Waals surface area contributed by atoms with Crippen LogP contribution in [0.15, 0.2) is 48.7 Å². The third-order valence-corrected chi connectivity index (χ3v) is 5.34. The van der Waals surface area contributed by atoms with Gasteiger partial charge in [-0.05, 0) is 49.9 Å². The first kappa shape index (κ1) is 18.2. The maximum Gasteiger partial charge on any atom is 0.290 e. The number of nitrogens with one attached hydrogen (secondary N) is 1. The normalized spacial score (nSPS) is 15.0. The van der Waals surface area contributed by atoms with E-state index in [1.807, 2.05) is 54.3 Å². The molecule has 144 valence electrons. The van der Waals surface area contributed by atoms with E-state index in [9.17, 15) is 9.59 Å². The fourth-order valence-electron chi connectivity index (χ4n) is 3.54. The van der Waals surface area contributed by atoms with Crippen molar-refractivity contribution in [3.05, 3.63) is 65.7 Å². The zero-order chi connectivity index (χ0) is 19.7. The van der Waals surface area contributed by atoms with Crippen molar-refractivity contribution in [2.45, 2.75) is 26.7 Å². The van der Waals surface area contributed by atoms with E-state index in [0.717, 1.165) is 31.5 Å². The molecule has 0 unspecified atom stereocenters. The van der Waals surface area contributed by atoms with Crippen LogP contribution < -0.4 is 5.32 Å². The van der Waals surface area contributed by atoms with E-state index in [2.05, 4.69) is 17.2 Å². The second kappa shape index (κ2) is 7.46. The number of hydrogen-bond acceptors (Lipinski definition) is 3. The van der Waals surface area contributed by atoms with Gasteiger partial charge in [-0.15, -0.1) is 0 Å². The lowest BCUT2D eigenvalue weighted by atomic mass is 9.99. The minimum absolute atomic E-state index is 0.123. The van der Waals surface area contributed by atoms with E-state index in [1.165, 1.54) is 0 Å². The number of pyridine rings is 1. The number of anilines is 1. The molecule has 0 bridgehead atoms. The molecule has 0 atom stereocenters. The Morgan fingerprint density at radius 2 is 1.79 bits per heavy atom. The number of imidazole rings is 1. The highest BCUT2D eigenvalue weighted by Gasteiger charge is 2.27. The smallest absolute Gasteiger partial charge is 0.290 e. The molecule has 1 aromatic carbocycles. The van der Waals surface area contributed by atoms with Crippen LogP contribution in [0.1, 0.15) is 46.4 Å². The molecule has 1 aliphatic heterocycles. The molecular formula is C22H24N4O2. The van der Waals surface area contributed by atoms with Crippen LogP contribution >= 0.6 is 0 Å². The Labute approximate surface area is 164 Å². The zero-order valence-electron chi connectivity index (χ0n) is 16.2. The van der Waals surface area contributed by atoms with Crippen LogP contribution in [0.2, 0.25) is 0 Å². The Morgan fingerprint density at radius 3 is 2.50 bits per heavy atom. The summed E-state index contributed by atoms with van der Waals surface area (Å²) in [5.74, 6) is 0.484. The van der Waals surface area contributed by atoms with Gasteiger partial charge >= 0.3 is 0 Å². The lowest BCUT2D eigenvalue weighted by Crippen LogP contribution is -2.38. The van der Waals surface area contributed by atoms with Crippen LogP contribution in [0.25, 0.3) is 5.52 Å². The highest BCUT2D eigenvalue weighted by molar-refractivity contribution is 6.08. The number of nitrogens with zero attached hydrogens (tertiary/aromatic N) is 3. The molecule has 0 radical (unpaired) electrons. The van der Waals surface area contributed by atoms with Crippen molar-refractivity contribution >= 4 is 23.0 Å². The Balaban J connectivity index is 1.65. The number of rotatable bonds is 3. The van der Waals surface area contributed by atoms with Crippen molar-refractivity contribution in [2.24, 2.45) is 5.92 Å². The summed E-state index contributed by atoms with van der Waals surface area (Å²) in [6, 6.07) is 13.1. The topological polar surface area (TPSA) is 66.7 Å². The third-order valence-electron chi connectivity index (χ3n) is 5.34. The van der Waals surface area contributed by atoms with Gasteiger partial charge in [-0.1, -0.05) is 30.7 Å². The van der Waals surface area contributed by atoms with Crippen LogP contribution in [0, 0.1) is 12.8 Å². The molecule has 0 aliphatic carbocycles. The highest BCUT2D eigenvalue weighted by Crippen LogP contribution is 2.21. The first-order valence-corrected chi connectivity index (χ1v) is 9.67. The molecule has 6 heteroatoms. The number of carbonyl (C=O) groups is 2. The monoisotopic (exact) mass is 376 g/mol. The highest BCUT2D eigenvalue weighted by atomic mass is 16.2. The molecule has 2 aromatic heterocycles. The molecular weight excluding hydrogens is 352 g/mol. The SMILES string of the molecule is Cc1ccc(NC(=O)c2nc(C(=O)N3CCC(C)CC3)n3ccccc23)cc1. The van der Waals surface area contributed by atoms with Crippen molar-refractivity contribution in [1.29, 1.82) is 0 Å². The number of aromatic nitrogens is 2. The summed E-state index contributed by atoms with van der Waals surface area (Å²) in [7, 11) is 0. The van der Waals surface area contributed by atoms with Crippen LogP contribution in [-0.2, 0) is 0 Å². The second-order valence-electron chi connectivity index (χ2n) is 7.53. The summed E-state index contributed by atoms with van der Waals surface area (Å²) in [6.07, 6.45) is 3.77. The summed E-state index contributed by atoms with van der Waals surface area (Å²) in [6.45, 7) is 5.66. The molecule has 1 fully saturated rings. The van der Waals surface area contributed by atoms with E-state index in [-0.39, 0.29) is 17.5 Å². The maximum absolute atomic E-state index is 13.1. The molecule has 1 N–H and O–H groups in total. The summed E-state index contributed by atoms with van der Waals surface area (Å²) >= 11 is 0. The molecule has 1 aliphatic rings. The molecule has 1 saturated heterocycles. The standard InChI is InChI=1S/C22H24N4O2/c1-15-6-8-17(9-7-15)23-21(27)19-18-5-3-4-12-26(18)20(24-19)22(28)25-13-10-16(2)11-14-25/h3-9,12,16H,10-11,13-14H2,1-2H3,(H,23,27). The largest absolute Gasteiger partial charge is 0.336 e. The summed E-state index contributed by atoms with van der Waals surface area (Å²) in [5.41, 5.74) is 2.70. The lowest BCUT2D eigenvalue weighted by molar-refractivity contribution is 0.0684. The third kappa shape index (κ3) is 3.50. The summed E-state index contributed by atoms with van der Waals surface area (Å²) in [4.78, 5) is 32.2. The first-order valence-electron chi connectivity index (χ1n) is 9.67. The fraction of sp³-hybridized carbons (Fsp3) is 0.318. The number of piperidine rings is 1. The van der Waals surface area contributed by atoms with Crippen LogP contribution in [-0.4, -0.2) is 39.2 Å². The van der Waals surface area contributed by atoms with Gasteiger partial charge in [0.05, 0.1) is 5.52 Å². The van der Waals surface area contributed by atoms with Gasteiger partial charge in [0, 0.05) is 25.0 Å². The quantitative estimate of drug-likeness (QED) is 0.757. The molecule has 28 heavy (non-hydrogen) atoms. The Kier molecular flexibility index (Phi) is 4.86. The maximum atomic E-state index is 13.1. The molecule has 0 saturated carbocycles. The van der Waals surface area contributed by atoms with Crippen molar-refractivity contribution < 1.29 is 9.59 Å². The first-order chi connectivity index (χ1) is 13.5. The summed E-state index contributed by atoms with van der Waals surface area (Å²) in [5, 5.41) is 2.88. The predicted octanol–water partition coefficient (Wildman–Crippen LogP) is 3.77. The van der Waals surface area contributed by atoms with Crippen molar-refractivity contribution in [2.75, 3.05) is 18.4 Å². The zero-order valence-corrected chi connectivity index (χ0v) is 16.2. The van der Waals surface area contributed by atoms with Crippen LogP contribution in [0.4, 0.5) is 5.69 Å². The average Bonchev–Trinajstić information content (AvgIpc) is 3.10. The van der Waals surface area contributed by atoms with Gasteiger partial charge in [-0.2, -0.15) is 0 Å². The van der Waals surface area contributed by atoms with Crippen molar-refractivity contribution in [3.63, 3.8) is 0 Å². The molecule has 2 amide bonds. The van der Waals surface area contributed by atoms with Gasteiger partial charge in [0.2, 0.25) is 5.82 Å². The van der Waals surface area contributed by atoms with Gasteiger partial charge < -0.3 is 10.2 Å². The lowest BCUT2D eigenvalue weighted by Gasteiger charge is -2.29. The minimum Gasteiger partial charge on any atom is -0.336 e. The second-order valence-corrected chi connectivity index (χ2v) is 7.53. The molecule has 0 spiro atoms. The van der Waals surface area contributed by atoms with E-state index in [0.29, 0.717) is 22.9 Å². The van der Waals surface area contributed by atoms with Crippen LogP contribution in [0.5, 0.6) is 0 Å². The molecule has 4 rings (SSSR count). The van der Waals surface area contributed by atoms with Gasteiger partial charge in [-0.3, -0.25) is 14.0 Å². The van der Waals surface area contributed by atoms with E-state index >= 15 is 0 Å². The summed E-state index contributed by atoms with van der Waals surface area (Å²) < 4.78 is 1.71. The minimum atomic E-state index is -0.320. The Hall–Kier alpha value is -3.15. The van der Waals surface area contributed by atoms with Gasteiger partial charge in [0.25, 0.3) is 11.8 Å². The van der Waals surface area contributed by atoms with Crippen molar-refractivity contribution in [3.8, 4) is 0 Å². The van der Waals surface area contributed by atoms with Gasteiger partial charge in [-0.25, -0.2) is 4.98 Å². The molecule has 6 nitrogen and oxygen atoms in total. The molecule has 3 aromatic rings.